The zero-order valence-electron chi connectivity index (χ0n) is 12.7. The van der Waals surface area contributed by atoms with Crippen LogP contribution in [0.3, 0.4) is 0 Å². The van der Waals surface area contributed by atoms with Crippen LogP contribution < -0.4 is 4.90 Å². The normalized spacial score (nSPS) is 14.0. The Morgan fingerprint density at radius 1 is 1.14 bits per heavy atom. The number of hydrogen-bond donors (Lipinski definition) is 0. The van der Waals surface area contributed by atoms with E-state index in [1.807, 2.05) is 6.07 Å². The van der Waals surface area contributed by atoms with Crippen molar-refractivity contribution in [3.05, 3.63) is 48.0 Å². The average molecular weight is 293 g/mol. The fraction of sp³-hybridized carbons (Fsp3) is 0.353. The van der Waals surface area contributed by atoms with Crippen LogP contribution in [0.4, 0.5) is 5.82 Å². The fourth-order valence-corrected chi connectivity index (χ4v) is 3.16. The zero-order valence-corrected chi connectivity index (χ0v) is 12.7. The number of anilines is 1. The summed E-state index contributed by atoms with van der Waals surface area (Å²) >= 11 is 0. The predicted octanol–water partition coefficient (Wildman–Crippen LogP) is 2.80. The van der Waals surface area contributed by atoms with E-state index in [1.54, 1.807) is 6.33 Å². The fourth-order valence-electron chi connectivity index (χ4n) is 3.16. The van der Waals surface area contributed by atoms with E-state index in [-0.39, 0.29) is 0 Å². The SMILES string of the molecule is CN(Cc1ccccc1)c1ncnc2c1nc1n2CCCC1. The van der Waals surface area contributed by atoms with Crippen molar-refractivity contribution in [2.75, 3.05) is 11.9 Å². The molecule has 0 atom stereocenters. The molecule has 5 heteroatoms. The van der Waals surface area contributed by atoms with Crippen molar-refractivity contribution in [3.63, 3.8) is 0 Å². The van der Waals surface area contributed by atoms with Gasteiger partial charge in [0.05, 0.1) is 0 Å². The molecule has 1 aliphatic rings. The van der Waals surface area contributed by atoms with Gasteiger partial charge in [0, 0.05) is 26.6 Å². The maximum Gasteiger partial charge on any atom is 0.165 e. The average Bonchev–Trinajstić information content (AvgIpc) is 2.94. The van der Waals surface area contributed by atoms with Crippen LogP contribution in [0, 0.1) is 0 Å². The molecule has 2 aromatic heterocycles. The quantitative estimate of drug-likeness (QED) is 0.745. The van der Waals surface area contributed by atoms with Gasteiger partial charge in [-0.05, 0) is 18.4 Å². The number of imidazole rings is 1. The van der Waals surface area contributed by atoms with Crippen LogP contribution in [0.2, 0.25) is 0 Å². The van der Waals surface area contributed by atoms with Gasteiger partial charge in [-0.15, -0.1) is 0 Å². The molecule has 0 amide bonds. The summed E-state index contributed by atoms with van der Waals surface area (Å²) in [5, 5.41) is 0. The van der Waals surface area contributed by atoms with Crippen LogP contribution in [0.1, 0.15) is 24.2 Å². The Morgan fingerprint density at radius 3 is 2.86 bits per heavy atom. The Balaban J connectivity index is 1.73. The standard InChI is InChI=1S/C17H19N5/c1-21(11-13-7-3-2-4-8-13)16-15-17(19-12-18-16)22-10-6-5-9-14(22)20-15/h2-4,7-8,12H,5-6,9-11H2,1H3. The van der Waals surface area contributed by atoms with E-state index in [0.29, 0.717) is 0 Å². The van der Waals surface area contributed by atoms with E-state index in [2.05, 4.69) is 50.7 Å². The number of aromatic nitrogens is 4. The van der Waals surface area contributed by atoms with E-state index < -0.39 is 0 Å². The van der Waals surface area contributed by atoms with Crippen molar-refractivity contribution in [1.29, 1.82) is 0 Å². The minimum Gasteiger partial charge on any atom is -0.353 e. The topological polar surface area (TPSA) is 46.8 Å². The van der Waals surface area contributed by atoms with Crippen molar-refractivity contribution < 1.29 is 0 Å². The molecule has 0 spiro atoms. The van der Waals surface area contributed by atoms with Crippen LogP contribution in [-0.4, -0.2) is 26.6 Å². The molecule has 1 aliphatic heterocycles. The minimum absolute atomic E-state index is 0.815. The van der Waals surface area contributed by atoms with E-state index in [1.165, 1.54) is 18.4 Å². The Kier molecular flexibility index (Phi) is 3.25. The molecular formula is C17H19N5. The first-order valence-corrected chi connectivity index (χ1v) is 7.78. The van der Waals surface area contributed by atoms with Gasteiger partial charge in [-0.3, -0.25) is 0 Å². The van der Waals surface area contributed by atoms with Crippen molar-refractivity contribution in [1.82, 2.24) is 19.5 Å². The highest BCUT2D eigenvalue weighted by molar-refractivity contribution is 5.83. The summed E-state index contributed by atoms with van der Waals surface area (Å²) < 4.78 is 2.25. The smallest absolute Gasteiger partial charge is 0.165 e. The van der Waals surface area contributed by atoms with E-state index in [0.717, 1.165) is 42.3 Å². The maximum atomic E-state index is 4.81. The summed E-state index contributed by atoms with van der Waals surface area (Å²) in [5.41, 5.74) is 3.16. The number of nitrogens with zero attached hydrogens (tertiary/aromatic N) is 5. The highest BCUT2D eigenvalue weighted by Crippen LogP contribution is 2.26. The van der Waals surface area contributed by atoms with Crippen molar-refractivity contribution >= 4 is 17.0 Å². The third-order valence-electron chi connectivity index (χ3n) is 4.25. The molecule has 4 rings (SSSR count). The lowest BCUT2D eigenvalue weighted by atomic mass is 10.2. The summed E-state index contributed by atoms with van der Waals surface area (Å²) in [6, 6.07) is 10.4. The Hall–Kier alpha value is -2.43. The molecule has 5 nitrogen and oxygen atoms in total. The third kappa shape index (κ3) is 2.22. The Labute approximate surface area is 129 Å². The van der Waals surface area contributed by atoms with Crippen LogP contribution in [0.25, 0.3) is 11.2 Å². The maximum absolute atomic E-state index is 4.81. The highest BCUT2D eigenvalue weighted by atomic mass is 15.2. The molecule has 112 valence electrons. The van der Waals surface area contributed by atoms with Crippen molar-refractivity contribution in [2.24, 2.45) is 0 Å². The van der Waals surface area contributed by atoms with Gasteiger partial charge < -0.3 is 9.47 Å². The van der Waals surface area contributed by atoms with Crippen LogP contribution in [0.15, 0.2) is 36.7 Å². The zero-order chi connectivity index (χ0) is 14.9. The van der Waals surface area contributed by atoms with Crippen molar-refractivity contribution in [3.8, 4) is 0 Å². The molecule has 0 unspecified atom stereocenters. The van der Waals surface area contributed by atoms with Gasteiger partial charge >= 0.3 is 0 Å². The predicted molar refractivity (Wildman–Crippen MR) is 86.8 cm³/mol. The second-order valence-electron chi connectivity index (χ2n) is 5.85. The van der Waals surface area contributed by atoms with E-state index in [9.17, 15) is 0 Å². The first kappa shape index (κ1) is 13.2. The van der Waals surface area contributed by atoms with Gasteiger partial charge in [-0.25, -0.2) is 15.0 Å². The molecule has 0 bridgehead atoms. The summed E-state index contributed by atoms with van der Waals surface area (Å²) in [7, 11) is 2.06. The summed E-state index contributed by atoms with van der Waals surface area (Å²) in [5.74, 6) is 2.06. The highest BCUT2D eigenvalue weighted by Gasteiger charge is 2.19. The molecule has 0 saturated heterocycles. The van der Waals surface area contributed by atoms with Gasteiger partial charge in [0.15, 0.2) is 17.0 Å². The van der Waals surface area contributed by atoms with Crippen LogP contribution in [-0.2, 0) is 19.5 Å². The molecule has 3 aromatic rings. The lowest BCUT2D eigenvalue weighted by molar-refractivity contribution is 0.530. The van der Waals surface area contributed by atoms with Gasteiger partial charge in [0.2, 0.25) is 0 Å². The summed E-state index contributed by atoms with van der Waals surface area (Å²) in [6.07, 6.45) is 5.12. The third-order valence-corrected chi connectivity index (χ3v) is 4.25. The summed E-state index contributed by atoms with van der Waals surface area (Å²) in [6.45, 7) is 1.83. The van der Waals surface area contributed by atoms with Crippen molar-refractivity contribution in [2.45, 2.75) is 32.4 Å². The van der Waals surface area contributed by atoms with E-state index in [4.69, 9.17) is 4.98 Å². The number of benzene rings is 1. The minimum atomic E-state index is 0.815. The molecule has 0 fully saturated rings. The lowest BCUT2D eigenvalue weighted by Crippen LogP contribution is -2.18. The molecule has 0 aliphatic carbocycles. The number of aryl methyl sites for hydroxylation is 2. The molecule has 0 saturated carbocycles. The van der Waals surface area contributed by atoms with E-state index >= 15 is 0 Å². The molecule has 1 aromatic carbocycles. The molecule has 22 heavy (non-hydrogen) atoms. The number of rotatable bonds is 3. The Bertz CT molecular complexity index is 793. The molecule has 0 radical (unpaired) electrons. The summed E-state index contributed by atoms with van der Waals surface area (Å²) in [4.78, 5) is 15.9. The second kappa shape index (κ2) is 5.40. The van der Waals surface area contributed by atoms with Gasteiger partial charge in [0.1, 0.15) is 12.2 Å². The Morgan fingerprint density at radius 2 is 2.00 bits per heavy atom. The second-order valence-corrected chi connectivity index (χ2v) is 5.85. The lowest BCUT2D eigenvalue weighted by Gasteiger charge is -2.18. The molecule has 3 heterocycles. The van der Waals surface area contributed by atoms with Crippen LogP contribution in [0.5, 0.6) is 0 Å². The monoisotopic (exact) mass is 293 g/mol. The van der Waals surface area contributed by atoms with Gasteiger partial charge in [-0.2, -0.15) is 0 Å². The first-order valence-electron chi connectivity index (χ1n) is 7.78. The molecular weight excluding hydrogens is 274 g/mol. The number of fused-ring (bicyclic) bond motifs is 3. The van der Waals surface area contributed by atoms with Gasteiger partial charge in [-0.1, -0.05) is 30.3 Å². The molecule has 0 N–H and O–H groups in total. The first-order chi connectivity index (χ1) is 10.8. The largest absolute Gasteiger partial charge is 0.353 e. The van der Waals surface area contributed by atoms with Crippen LogP contribution >= 0.6 is 0 Å². The van der Waals surface area contributed by atoms with Gasteiger partial charge in [0.25, 0.3) is 0 Å². The number of hydrogen-bond acceptors (Lipinski definition) is 4.